The molecule has 1 rings (SSSR count). The third-order valence-corrected chi connectivity index (χ3v) is 3.35. The fourth-order valence-corrected chi connectivity index (χ4v) is 2.08. The lowest BCUT2D eigenvalue weighted by molar-refractivity contribution is 0.323. The molecule has 20 heavy (non-hydrogen) atoms. The van der Waals surface area contributed by atoms with Gasteiger partial charge in [-0.25, -0.2) is 0 Å². The molecule has 5 nitrogen and oxygen atoms in total. The average Bonchev–Trinajstić information content (AvgIpc) is 2.46. The number of nitrogens with two attached hydrogens (primary N) is 1. The van der Waals surface area contributed by atoms with Gasteiger partial charge in [-0.1, -0.05) is 13.8 Å². The molecule has 0 fully saturated rings. The van der Waals surface area contributed by atoms with Crippen LogP contribution in [0.5, 0.6) is 17.2 Å². The van der Waals surface area contributed by atoms with Crippen LogP contribution < -0.4 is 25.3 Å². The van der Waals surface area contributed by atoms with Crippen molar-refractivity contribution < 1.29 is 14.2 Å². The van der Waals surface area contributed by atoms with E-state index in [4.69, 9.17) is 19.9 Å². The second kappa shape index (κ2) is 7.97. The van der Waals surface area contributed by atoms with E-state index in [1.54, 1.807) is 21.3 Å². The largest absolute Gasteiger partial charge is 0.493 e. The minimum Gasteiger partial charge on any atom is -0.493 e. The molecule has 0 aromatic heterocycles. The Labute approximate surface area is 121 Å². The van der Waals surface area contributed by atoms with Crippen molar-refractivity contribution >= 4 is 0 Å². The smallest absolute Gasteiger partial charge is 0.203 e. The van der Waals surface area contributed by atoms with Crippen molar-refractivity contribution in [2.45, 2.75) is 26.4 Å². The maximum atomic E-state index is 5.76. The number of ether oxygens (including phenoxy) is 3. The van der Waals surface area contributed by atoms with Gasteiger partial charge in [0.1, 0.15) is 0 Å². The molecular weight excluding hydrogens is 256 g/mol. The Morgan fingerprint density at radius 2 is 1.60 bits per heavy atom. The number of methoxy groups -OCH3 is 3. The van der Waals surface area contributed by atoms with E-state index in [0.717, 1.165) is 5.56 Å². The molecule has 1 atom stereocenters. The third kappa shape index (κ3) is 4.02. The van der Waals surface area contributed by atoms with Crippen molar-refractivity contribution in [2.75, 3.05) is 27.9 Å². The van der Waals surface area contributed by atoms with Gasteiger partial charge in [-0.2, -0.15) is 0 Å². The van der Waals surface area contributed by atoms with Crippen LogP contribution in [0.4, 0.5) is 0 Å². The molecule has 0 bridgehead atoms. The molecular formula is C15H26N2O3. The van der Waals surface area contributed by atoms with Crippen LogP contribution in [0.1, 0.15) is 19.4 Å². The Morgan fingerprint density at radius 3 is 1.95 bits per heavy atom. The molecule has 114 valence electrons. The molecule has 0 saturated heterocycles. The third-order valence-electron chi connectivity index (χ3n) is 3.35. The van der Waals surface area contributed by atoms with Crippen molar-refractivity contribution in [3.63, 3.8) is 0 Å². The second-order valence-corrected chi connectivity index (χ2v) is 5.00. The summed E-state index contributed by atoms with van der Waals surface area (Å²) >= 11 is 0. The number of rotatable bonds is 8. The Kier molecular flexibility index (Phi) is 6.61. The normalized spacial score (nSPS) is 12.3. The van der Waals surface area contributed by atoms with Crippen LogP contribution in [0.2, 0.25) is 0 Å². The Hall–Kier alpha value is -1.46. The van der Waals surface area contributed by atoms with Crippen molar-refractivity contribution in [3.8, 4) is 17.2 Å². The molecule has 0 spiro atoms. The van der Waals surface area contributed by atoms with Crippen LogP contribution in [0.25, 0.3) is 0 Å². The van der Waals surface area contributed by atoms with Crippen molar-refractivity contribution in [3.05, 3.63) is 17.7 Å². The Balaban J connectivity index is 2.90. The topological polar surface area (TPSA) is 65.7 Å². The highest BCUT2D eigenvalue weighted by molar-refractivity contribution is 5.53. The molecule has 1 aromatic rings. The van der Waals surface area contributed by atoms with Crippen LogP contribution in [0.3, 0.4) is 0 Å². The Bertz CT molecular complexity index is 397. The van der Waals surface area contributed by atoms with E-state index in [1.165, 1.54) is 0 Å². The van der Waals surface area contributed by atoms with E-state index in [-0.39, 0.29) is 6.04 Å². The van der Waals surface area contributed by atoms with Crippen molar-refractivity contribution in [1.82, 2.24) is 5.32 Å². The fourth-order valence-electron chi connectivity index (χ4n) is 2.08. The molecule has 0 saturated carbocycles. The summed E-state index contributed by atoms with van der Waals surface area (Å²) in [5, 5.41) is 3.45. The monoisotopic (exact) mass is 282 g/mol. The standard InChI is InChI=1S/C15H26N2O3/c1-10(2)12(8-16)17-9-11-6-13(18-3)15(20-5)14(7-11)19-4/h6-7,10,12,17H,8-9,16H2,1-5H3. The predicted octanol–water partition coefficient (Wildman–Crippen LogP) is 1.79. The number of benzene rings is 1. The van der Waals surface area contributed by atoms with E-state index >= 15 is 0 Å². The zero-order valence-corrected chi connectivity index (χ0v) is 13.0. The molecule has 0 aliphatic heterocycles. The van der Waals surface area contributed by atoms with E-state index in [9.17, 15) is 0 Å². The zero-order valence-electron chi connectivity index (χ0n) is 13.0. The fraction of sp³-hybridized carbons (Fsp3) is 0.600. The molecule has 0 amide bonds. The molecule has 0 aliphatic rings. The summed E-state index contributed by atoms with van der Waals surface area (Å²) in [6.07, 6.45) is 0. The summed E-state index contributed by atoms with van der Waals surface area (Å²) in [4.78, 5) is 0. The molecule has 0 radical (unpaired) electrons. The van der Waals surface area contributed by atoms with Crippen molar-refractivity contribution in [2.24, 2.45) is 11.7 Å². The molecule has 0 heterocycles. The minimum atomic E-state index is 0.286. The lowest BCUT2D eigenvalue weighted by Gasteiger charge is -2.21. The Morgan fingerprint density at radius 1 is 1.05 bits per heavy atom. The molecule has 1 unspecified atom stereocenters. The van der Waals surface area contributed by atoms with E-state index in [1.807, 2.05) is 12.1 Å². The van der Waals surface area contributed by atoms with Gasteiger partial charge in [-0.15, -0.1) is 0 Å². The van der Waals surface area contributed by atoms with Gasteiger partial charge in [0.15, 0.2) is 11.5 Å². The minimum absolute atomic E-state index is 0.286. The van der Waals surface area contributed by atoms with Gasteiger partial charge in [0.2, 0.25) is 5.75 Å². The molecule has 5 heteroatoms. The van der Waals surface area contributed by atoms with E-state index < -0.39 is 0 Å². The van der Waals surface area contributed by atoms with Gasteiger partial charge < -0.3 is 25.3 Å². The second-order valence-electron chi connectivity index (χ2n) is 5.00. The van der Waals surface area contributed by atoms with E-state index in [2.05, 4.69) is 19.2 Å². The lowest BCUT2D eigenvalue weighted by Crippen LogP contribution is -2.39. The summed E-state index contributed by atoms with van der Waals surface area (Å²) in [7, 11) is 4.83. The first-order valence-corrected chi connectivity index (χ1v) is 6.79. The highest BCUT2D eigenvalue weighted by Gasteiger charge is 2.15. The van der Waals surface area contributed by atoms with Gasteiger partial charge >= 0.3 is 0 Å². The van der Waals surface area contributed by atoms with Crippen LogP contribution in [0.15, 0.2) is 12.1 Å². The summed E-state index contributed by atoms with van der Waals surface area (Å²) < 4.78 is 16.0. The quantitative estimate of drug-likeness (QED) is 0.761. The van der Waals surface area contributed by atoms with Gasteiger partial charge in [0.25, 0.3) is 0 Å². The van der Waals surface area contributed by atoms with Gasteiger partial charge in [-0.05, 0) is 23.6 Å². The van der Waals surface area contributed by atoms with Crippen LogP contribution >= 0.6 is 0 Å². The lowest BCUT2D eigenvalue weighted by atomic mass is 10.0. The number of hydrogen-bond acceptors (Lipinski definition) is 5. The first-order valence-electron chi connectivity index (χ1n) is 6.79. The molecule has 0 aliphatic carbocycles. The maximum absolute atomic E-state index is 5.76. The summed E-state index contributed by atoms with van der Waals surface area (Å²) in [5.74, 6) is 2.43. The average molecular weight is 282 g/mol. The van der Waals surface area contributed by atoms with E-state index in [0.29, 0.717) is 36.3 Å². The zero-order chi connectivity index (χ0) is 15.1. The highest BCUT2D eigenvalue weighted by Crippen LogP contribution is 2.38. The number of nitrogens with one attached hydrogen (secondary N) is 1. The maximum Gasteiger partial charge on any atom is 0.203 e. The van der Waals surface area contributed by atoms with Crippen molar-refractivity contribution in [1.29, 1.82) is 0 Å². The summed E-state index contributed by atoms with van der Waals surface area (Å²) in [6.45, 7) is 5.62. The van der Waals surface area contributed by atoms with Gasteiger partial charge in [0.05, 0.1) is 21.3 Å². The highest BCUT2D eigenvalue weighted by atomic mass is 16.5. The van der Waals surface area contributed by atoms with Crippen LogP contribution in [-0.4, -0.2) is 33.9 Å². The summed E-state index contributed by atoms with van der Waals surface area (Å²) in [6, 6.07) is 4.18. The summed E-state index contributed by atoms with van der Waals surface area (Å²) in [5.41, 5.74) is 6.83. The first-order chi connectivity index (χ1) is 9.57. The van der Waals surface area contributed by atoms with Gasteiger partial charge in [0, 0.05) is 19.1 Å². The predicted molar refractivity (Wildman–Crippen MR) is 80.6 cm³/mol. The SMILES string of the molecule is COc1cc(CNC(CN)C(C)C)cc(OC)c1OC. The molecule has 1 aromatic carbocycles. The van der Waals surface area contributed by atoms with Crippen LogP contribution in [-0.2, 0) is 6.54 Å². The first kappa shape index (κ1) is 16.6. The number of hydrogen-bond donors (Lipinski definition) is 2. The van der Waals surface area contributed by atoms with Crippen LogP contribution in [0, 0.1) is 5.92 Å². The van der Waals surface area contributed by atoms with Gasteiger partial charge in [-0.3, -0.25) is 0 Å². The molecule has 3 N–H and O–H groups in total.